The first-order chi connectivity index (χ1) is 10.8. The zero-order valence-corrected chi connectivity index (χ0v) is 14.3. The molecule has 0 spiro atoms. The summed E-state index contributed by atoms with van der Waals surface area (Å²) in [6, 6.07) is 0. The molecule has 3 rings (SSSR count). The molecule has 5 atom stereocenters. The number of rotatable bonds is 3. The fourth-order valence-corrected chi connectivity index (χ4v) is 4.64. The van der Waals surface area contributed by atoms with Gasteiger partial charge in [-0.2, -0.15) is 0 Å². The van der Waals surface area contributed by atoms with Gasteiger partial charge < -0.3 is 14.2 Å². The van der Waals surface area contributed by atoms with Gasteiger partial charge >= 0.3 is 5.97 Å². The molecular weight excluding hydrogens is 296 g/mol. The lowest BCUT2D eigenvalue weighted by Crippen LogP contribution is -2.58. The van der Waals surface area contributed by atoms with Crippen LogP contribution in [-0.4, -0.2) is 36.4 Å². The van der Waals surface area contributed by atoms with Crippen LogP contribution in [0, 0.1) is 17.3 Å². The van der Waals surface area contributed by atoms with Gasteiger partial charge in [0.2, 0.25) is 0 Å². The highest BCUT2D eigenvalue weighted by molar-refractivity contribution is 5.94. The second-order valence-corrected chi connectivity index (χ2v) is 7.24. The van der Waals surface area contributed by atoms with E-state index in [0.717, 1.165) is 12.8 Å². The van der Waals surface area contributed by atoms with Crippen LogP contribution in [0.5, 0.6) is 0 Å². The molecule has 0 N–H and O–H groups in total. The minimum absolute atomic E-state index is 0.0405. The fraction of sp³-hybridized carbons (Fsp3) is 0.778. The molecule has 0 aromatic rings. The molecule has 1 saturated heterocycles. The maximum atomic E-state index is 12.9. The van der Waals surface area contributed by atoms with Crippen molar-refractivity contribution >= 4 is 11.8 Å². The van der Waals surface area contributed by atoms with Crippen molar-refractivity contribution in [1.29, 1.82) is 0 Å². The van der Waals surface area contributed by atoms with Gasteiger partial charge in [0.1, 0.15) is 0 Å². The molecule has 0 amide bonds. The molecule has 1 heterocycles. The van der Waals surface area contributed by atoms with E-state index in [2.05, 4.69) is 6.92 Å². The average Bonchev–Trinajstić information content (AvgIpc) is 2.80. The highest BCUT2D eigenvalue weighted by atomic mass is 16.8. The predicted octanol–water partition coefficient (Wildman–Crippen LogP) is 2.63. The van der Waals surface area contributed by atoms with Crippen LogP contribution in [0.25, 0.3) is 0 Å². The molecule has 23 heavy (non-hydrogen) atoms. The fourth-order valence-electron chi connectivity index (χ4n) is 4.64. The van der Waals surface area contributed by atoms with Crippen molar-refractivity contribution in [2.24, 2.45) is 17.3 Å². The summed E-state index contributed by atoms with van der Waals surface area (Å²) in [5.41, 5.74) is -0.774. The van der Waals surface area contributed by atoms with E-state index in [1.54, 1.807) is 12.2 Å². The molecule has 2 aliphatic carbocycles. The number of allylic oxidation sites excluding steroid dienone is 1. The maximum absolute atomic E-state index is 12.9. The zero-order valence-electron chi connectivity index (χ0n) is 14.3. The maximum Gasteiger partial charge on any atom is 0.316 e. The van der Waals surface area contributed by atoms with E-state index in [0.29, 0.717) is 13.0 Å². The molecule has 1 saturated carbocycles. The first-order valence-corrected chi connectivity index (χ1v) is 8.59. The molecule has 1 unspecified atom stereocenters. The Labute approximate surface area is 137 Å². The number of ketones is 1. The van der Waals surface area contributed by atoms with Gasteiger partial charge in [-0.25, -0.2) is 0 Å². The van der Waals surface area contributed by atoms with Crippen LogP contribution < -0.4 is 0 Å². The van der Waals surface area contributed by atoms with Gasteiger partial charge in [0, 0.05) is 12.3 Å². The number of carbonyl (C=O) groups excluding carboxylic acids is 2. The molecule has 0 aromatic carbocycles. The quantitative estimate of drug-likeness (QED) is 0.748. The van der Waals surface area contributed by atoms with Crippen molar-refractivity contribution in [3.63, 3.8) is 0 Å². The molecule has 3 aliphatic rings. The van der Waals surface area contributed by atoms with Gasteiger partial charge in [-0.05, 0) is 39.2 Å². The van der Waals surface area contributed by atoms with Crippen molar-refractivity contribution in [1.82, 2.24) is 0 Å². The van der Waals surface area contributed by atoms with Gasteiger partial charge in [-0.1, -0.05) is 19.4 Å². The molecule has 0 bridgehead atoms. The van der Waals surface area contributed by atoms with E-state index in [4.69, 9.17) is 14.2 Å². The highest BCUT2D eigenvalue weighted by Gasteiger charge is 2.63. The Bertz CT molecular complexity index is 538. The Kier molecular flexibility index (Phi) is 4.13. The topological polar surface area (TPSA) is 61.8 Å². The molecule has 2 fully saturated rings. The van der Waals surface area contributed by atoms with Crippen LogP contribution in [0.3, 0.4) is 0 Å². The van der Waals surface area contributed by atoms with E-state index in [1.807, 2.05) is 20.8 Å². The van der Waals surface area contributed by atoms with E-state index >= 15 is 0 Å². The number of hydrogen-bond acceptors (Lipinski definition) is 5. The normalized spacial score (nSPS) is 41.3. The third kappa shape index (κ3) is 2.54. The summed E-state index contributed by atoms with van der Waals surface area (Å²) in [6.07, 6.45) is 4.93. The van der Waals surface area contributed by atoms with Crippen LogP contribution in [-0.2, 0) is 23.8 Å². The summed E-state index contributed by atoms with van der Waals surface area (Å²) >= 11 is 0. The van der Waals surface area contributed by atoms with E-state index in [-0.39, 0.29) is 35.8 Å². The van der Waals surface area contributed by atoms with Crippen molar-refractivity contribution in [2.75, 3.05) is 6.61 Å². The first kappa shape index (κ1) is 16.7. The monoisotopic (exact) mass is 322 g/mol. The van der Waals surface area contributed by atoms with Crippen LogP contribution in [0.15, 0.2) is 12.2 Å². The van der Waals surface area contributed by atoms with E-state index in [9.17, 15) is 9.59 Å². The Morgan fingerprint density at radius 1 is 1.35 bits per heavy atom. The van der Waals surface area contributed by atoms with Crippen LogP contribution in [0.1, 0.15) is 47.0 Å². The lowest BCUT2D eigenvalue weighted by Gasteiger charge is -2.50. The standard InChI is InChI=1S/C18H26O5/c1-5-11-9-14-15(23-17(3,4)22-14)13-10-12(19)7-8-18(11,13)16(20)21-6-2/h7-8,11,13-15H,5-6,9-10H2,1-4H3/t11-,13?,14+,15-,18+/m1/s1. The Morgan fingerprint density at radius 3 is 2.74 bits per heavy atom. The van der Waals surface area contributed by atoms with Crippen LogP contribution >= 0.6 is 0 Å². The lowest BCUT2D eigenvalue weighted by molar-refractivity contribution is -0.174. The molecule has 128 valence electrons. The van der Waals surface area contributed by atoms with Gasteiger partial charge in [-0.15, -0.1) is 0 Å². The van der Waals surface area contributed by atoms with Crippen molar-refractivity contribution in [2.45, 2.75) is 65.0 Å². The molecular formula is C18H26O5. The Balaban J connectivity index is 2.06. The summed E-state index contributed by atoms with van der Waals surface area (Å²) in [4.78, 5) is 24.9. The molecule has 1 aliphatic heterocycles. The van der Waals surface area contributed by atoms with Crippen molar-refractivity contribution in [3.05, 3.63) is 12.2 Å². The van der Waals surface area contributed by atoms with Crippen molar-refractivity contribution < 1.29 is 23.8 Å². The number of ether oxygens (including phenoxy) is 3. The summed E-state index contributed by atoms with van der Waals surface area (Å²) < 4.78 is 17.6. The van der Waals surface area contributed by atoms with Crippen LogP contribution in [0.2, 0.25) is 0 Å². The second kappa shape index (κ2) is 5.71. The minimum atomic E-state index is -0.774. The van der Waals surface area contributed by atoms with Gasteiger partial charge in [0.25, 0.3) is 0 Å². The van der Waals surface area contributed by atoms with E-state index in [1.165, 1.54) is 0 Å². The van der Waals surface area contributed by atoms with E-state index < -0.39 is 11.2 Å². The molecule has 5 nitrogen and oxygen atoms in total. The molecule has 0 radical (unpaired) electrons. The highest BCUT2D eigenvalue weighted by Crippen LogP contribution is 2.56. The third-order valence-electron chi connectivity index (χ3n) is 5.51. The number of fused-ring (bicyclic) bond motifs is 3. The molecule has 5 heteroatoms. The third-order valence-corrected chi connectivity index (χ3v) is 5.51. The van der Waals surface area contributed by atoms with Crippen LogP contribution in [0.4, 0.5) is 0 Å². The zero-order chi connectivity index (χ0) is 16.8. The second-order valence-electron chi connectivity index (χ2n) is 7.24. The largest absolute Gasteiger partial charge is 0.465 e. The Morgan fingerprint density at radius 2 is 2.09 bits per heavy atom. The summed E-state index contributed by atoms with van der Waals surface area (Å²) in [6.45, 7) is 8.00. The van der Waals surface area contributed by atoms with Gasteiger partial charge in [-0.3, -0.25) is 9.59 Å². The number of carbonyl (C=O) groups is 2. The first-order valence-electron chi connectivity index (χ1n) is 8.59. The average molecular weight is 322 g/mol. The Hall–Kier alpha value is -1.20. The predicted molar refractivity (Wildman–Crippen MR) is 83.5 cm³/mol. The number of hydrogen-bond donors (Lipinski definition) is 0. The summed E-state index contributed by atoms with van der Waals surface area (Å²) in [5, 5.41) is 0. The SMILES string of the molecule is CCOC(=O)[C@]12C=CC(=O)CC1[C@H]1OC(C)(C)O[C@H]1C[C@H]2CC. The lowest BCUT2D eigenvalue weighted by atomic mass is 9.54. The van der Waals surface area contributed by atoms with Gasteiger partial charge in [0.15, 0.2) is 11.6 Å². The summed E-state index contributed by atoms with van der Waals surface area (Å²) in [7, 11) is 0. The number of esters is 1. The van der Waals surface area contributed by atoms with Crippen molar-refractivity contribution in [3.8, 4) is 0 Å². The van der Waals surface area contributed by atoms with Gasteiger partial charge in [0.05, 0.1) is 24.2 Å². The summed E-state index contributed by atoms with van der Waals surface area (Å²) in [5.74, 6) is -0.993. The smallest absolute Gasteiger partial charge is 0.316 e. The minimum Gasteiger partial charge on any atom is -0.465 e. The molecule has 0 aromatic heterocycles.